The topological polar surface area (TPSA) is 0 Å². The molecule has 0 fully saturated rings. The van der Waals surface area contributed by atoms with Gasteiger partial charge in [-0.2, -0.15) is 0 Å². The molecule has 4 heteroatoms. The normalized spacial score (nSPS) is 17.7. The van der Waals surface area contributed by atoms with E-state index in [-0.39, 0.29) is 24.8 Å². The van der Waals surface area contributed by atoms with Crippen LogP contribution in [0.3, 0.4) is 0 Å². The summed E-state index contributed by atoms with van der Waals surface area (Å²) in [5, 5.41) is 0. The van der Waals surface area contributed by atoms with E-state index in [1.165, 1.54) is 44.5 Å². The maximum absolute atomic E-state index is 3.55. The molecule has 206 valence electrons. The molecule has 0 spiro atoms. The summed E-state index contributed by atoms with van der Waals surface area (Å²) in [7, 11) is 0. The molecule has 0 amide bonds. The fourth-order valence-corrected chi connectivity index (χ4v) is 29.1. The van der Waals surface area contributed by atoms with Crippen molar-refractivity contribution in [2.45, 2.75) is 44.2 Å². The van der Waals surface area contributed by atoms with Crippen LogP contribution in [0.5, 0.6) is 0 Å². The molecule has 0 aromatic heterocycles. The summed E-state index contributed by atoms with van der Waals surface area (Å²) in [6, 6.07) is 31.7. The van der Waals surface area contributed by atoms with E-state index in [0.717, 1.165) is 0 Å². The predicted octanol–water partition coefficient (Wildman–Crippen LogP) is 10.4. The van der Waals surface area contributed by atoms with Crippen LogP contribution in [-0.2, 0) is 17.4 Å². The number of allylic oxidation sites excluding steroid dienone is 2. The zero-order valence-electron chi connectivity index (χ0n) is 24.4. The molecule has 0 saturated heterocycles. The van der Waals surface area contributed by atoms with Crippen LogP contribution in [-0.4, -0.2) is 6.88 Å². The van der Waals surface area contributed by atoms with Crippen LogP contribution in [0.2, 0.25) is 9.26 Å². The van der Waals surface area contributed by atoms with E-state index in [4.69, 9.17) is 0 Å². The third-order valence-corrected chi connectivity index (χ3v) is 27.0. The molecule has 2 unspecified atom stereocenters. The van der Waals surface area contributed by atoms with E-state index in [1.54, 1.807) is 22.3 Å². The molecular weight excluding hydrogens is 623 g/mol. The third-order valence-electron chi connectivity index (χ3n) is 9.06. The first-order valence-electron chi connectivity index (χ1n) is 13.9. The van der Waals surface area contributed by atoms with E-state index >= 15 is 0 Å². The summed E-state index contributed by atoms with van der Waals surface area (Å²) in [5.74, 6) is 0. The molecule has 4 aromatic rings. The van der Waals surface area contributed by atoms with E-state index in [0.29, 0.717) is 7.25 Å². The van der Waals surface area contributed by atoms with Gasteiger partial charge in [-0.25, -0.2) is 0 Å². The molecule has 0 saturated carbocycles. The van der Waals surface area contributed by atoms with Gasteiger partial charge < -0.3 is 0 Å². The summed E-state index contributed by atoms with van der Waals surface area (Å²) in [4.78, 5) is 0. The largest absolute Gasteiger partial charge is 0.147 e. The average molecular weight is 663 g/mol. The molecule has 0 aliphatic heterocycles. The van der Waals surface area contributed by atoms with Gasteiger partial charge in [-0.05, 0) is 0 Å². The van der Waals surface area contributed by atoms with Gasteiger partial charge in [-0.15, -0.1) is 24.8 Å². The smallest absolute Gasteiger partial charge is 0.147 e. The minimum Gasteiger partial charge on any atom is -0.147 e. The van der Waals surface area contributed by atoms with Gasteiger partial charge in [0.25, 0.3) is 0 Å². The standard InChI is InChI=1S/2C17H15.2CH3.2ClH.H2Si.Zr/c2*1-12-8-15-9-13(2)11-17(15)16(10-12)14-6-4-3-5-7-14;;;;;;/h2*3-11H,1-2H3;2*1H3;2*1H;1H2;. The van der Waals surface area contributed by atoms with Crippen LogP contribution >= 0.6 is 24.8 Å². The molecule has 0 nitrogen and oxygen atoms in total. The Morgan fingerprint density at radius 2 is 0.900 bits per heavy atom. The van der Waals surface area contributed by atoms with Crippen molar-refractivity contribution >= 4 is 43.8 Å². The van der Waals surface area contributed by atoms with Crippen LogP contribution in [0.1, 0.15) is 54.5 Å². The first-order chi connectivity index (χ1) is 18.0. The summed E-state index contributed by atoms with van der Waals surface area (Å²) in [5.41, 5.74) is 17.3. The van der Waals surface area contributed by atoms with Crippen LogP contribution in [0.15, 0.2) is 96.1 Å². The maximum Gasteiger partial charge on any atom is -0.147 e. The van der Waals surface area contributed by atoms with Gasteiger partial charge in [0.05, 0.1) is 0 Å². The van der Waals surface area contributed by atoms with Crippen LogP contribution < -0.4 is 0 Å². The fourth-order valence-electron chi connectivity index (χ4n) is 7.96. The molecule has 2 aliphatic carbocycles. The zero-order valence-corrected chi connectivity index (χ0v) is 29.9. The Hall–Kier alpha value is -1.96. The molecule has 0 radical (unpaired) electrons. The number of fused-ring (bicyclic) bond motifs is 2. The number of rotatable bonds is 4. The molecule has 0 heterocycles. The van der Waals surface area contributed by atoms with Gasteiger partial charge in [-0.3, -0.25) is 0 Å². The van der Waals surface area contributed by atoms with E-state index < -0.39 is 17.4 Å². The molecule has 2 atom stereocenters. The third kappa shape index (κ3) is 5.00. The van der Waals surface area contributed by atoms with Gasteiger partial charge in [0.2, 0.25) is 0 Å². The van der Waals surface area contributed by atoms with Crippen molar-refractivity contribution in [2.75, 3.05) is 0 Å². The monoisotopic (exact) mass is 660 g/mol. The first-order valence-corrected chi connectivity index (χ1v) is 27.5. The quantitative estimate of drug-likeness (QED) is 0.191. The Morgan fingerprint density at radius 3 is 1.25 bits per heavy atom. The molecule has 0 bridgehead atoms. The maximum atomic E-state index is 2.74. The second kappa shape index (κ2) is 11.0. The van der Waals surface area contributed by atoms with E-state index in [1.807, 2.05) is 0 Å². The molecule has 0 N–H and O–H groups in total. The number of benzene rings is 4. The SMILES string of the molecule is CC1=Cc2c(-c3ccccc3)cc(C)cc2[CH]1[Zr]([CH3])([CH3])(=[SiH2])[CH]1C(C)=Cc2c(-c3ccccc3)cc(C)cc21.Cl.Cl. The summed E-state index contributed by atoms with van der Waals surface area (Å²) >= 11 is -3.55. The van der Waals surface area contributed by atoms with Crippen molar-refractivity contribution in [1.29, 1.82) is 0 Å². The van der Waals surface area contributed by atoms with Gasteiger partial charge in [-0.1, -0.05) is 0 Å². The zero-order chi connectivity index (χ0) is 26.8. The predicted molar refractivity (Wildman–Crippen MR) is 181 cm³/mol. The van der Waals surface area contributed by atoms with Crippen molar-refractivity contribution in [3.63, 3.8) is 0 Å². The Bertz CT molecular complexity index is 1600. The van der Waals surface area contributed by atoms with E-state index in [9.17, 15) is 0 Å². The van der Waals surface area contributed by atoms with Gasteiger partial charge in [0.1, 0.15) is 0 Å². The number of hydrogen-bond acceptors (Lipinski definition) is 0. The van der Waals surface area contributed by atoms with Gasteiger partial charge in [0.15, 0.2) is 0 Å². The Morgan fingerprint density at radius 1 is 0.550 bits per heavy atom. The Balaban J connectivity index is 0.00000185. The fraction of sp³-hybridized carbons (Fsp3) is 0.222. The average Bonchev–Trinajstić information content (AvgIpc) is 3.40. The summed E-state index contributed by atoms with van der Waals surface area (Å²) < 4.78 is 6.55. The minimum atomic E-state index is -3.55. The minimum absolute atomic E-state index is 0. The van der Waals surface area contributed by atoms with Crippen LogP contribution in [0, 0.1) is 13.8 Å². The van der Waals surface area contributed by atoms with E-state index in [2.05, 4.69) is 141 Å². The second-order valence-electron chi connectivity index (χ2n) is 12.9. The molecular formula is C36H40Cl2SiZr. The van der Waals surface area contributed by atoms with Crippen molar-refractivity contribution in [3.8, 4) is 22.3 Å². The van der Waals surface area contributed by atoms with Crippen LogP contribution in [0.4, 0.5) is 0 Å². The second-order valence-corrected chi connectivity index (χ2v) is 43.4. The number of halogens is 2. The molecule has 2 aliphatic rings. The summed E-state index contributed by atoms with van der Waals surface area (Å²) in [6.45, 7) is 11.8. The van der Waals surface area contributed by atoms with Gasteiger partial charge >= 0.3 is 232 Å². The van der Waals surface area contributed by atoms with Gasteiger partial charge in [0, 0.05) is 0 Å². The number of hydrogen-bond donors (Lipinski definition) is 0. The van der Waals surface area contributed by atoms with Crippen molar-refractivity contribution in [1.82, 2.24) is 0 Å². The Labute approximate surface area is 255 Å². The van der Waals surface area contributed by atoms with Crippen molar-refractivity contribution < 1.29 is 17.4 Å². The first kappa shape index (κ1) is 31.0. The van der Waals surface area contributed by atoms with Crippen LogP contribution in [0.25, 0.3) is 34.4 Å². The van der Waals surface area contributed by atoms with Crippen molar-refractivity contribution in [3.05, 3.63) is 129 Å². The molecule has 6 rings (SSSR count). The Kier molecular flexibility index (Phi) is 8.55. The van der Waals surface area contributed by atoms with Crippen molar-refractivity contribution in [2.24, 2.45) is 0 Å². The number of aryl methyl sites for hydroxylation is 2. The molecule has 40 heavy (non-hydrogen) atoms. The summed E-state index contributed by atoms with van der Waals surface area (Å²) in [6.07, 6.45) is 5.05. The molecule has 4 aromatic carbocycles.